The third-order valence-corrected chi connectivity index (χ3v) is 3.82. The van der Waals surface area contributed by atoms with Gasteiger partial charge in [-0.3, -0.25) is 4.79 Å². The number of aromatic nitrogens is 1. The van der Waals surface area contributed by atoms with E-state index >= 15 is 0 Å². The average Bonchev–Trinajstić information content (AvgIpc) is 2.38. The molecule has 0 N–H and O–H groups in total. The summed E-state index contributed by atoms with van der Waals surface area (Å²) in [7, 11) is 0. The third-order valence-electron chi connectivity index (χ3n) is 3.43. The van der Waals surface area contributed by atoms with Crippen molar-refractivity contribution in [2.75, 3.05) is 13.1 Å². The monoisotopic (exact) mass is 297 g/mol. The Bertz CT molecular complexity index is 525. The van der Waals surface area contributed by atoms with Gasteiger partial charge < -0.3 is 4.90 Å². The fourth-order valence-electron chi connectivity index (χ4n) is 2.09. The van der Waals surface area contributed by atoms with E-state index in [0.717, 1.165) is 0 Å². The number of amides is 1. The third kappa shape index (κ3) is 3.17. The van der Waals surface area contributed by atoms with Crippen molar-refractivity contribution in [3.05, 3.63) is 28.0 Å². The smallest absolute Gasteiger partial charge is 0.254 e. The number of nitrogens with zero attached hydrogens (tertiary/aromatic N) is 3. The van der Waals surface area contributed by atoms with Gasteiger partial charge in [0, 0.05) is 18.7 Å². The first kappa shape index (κ1) is 14.1. The van der Waals surface area contributed by atoms with Gasteiger partial charge in [0.15, 0.2) is 0 Å². The molecule has 1 aromatic heterocycles. The fourth-order valence-corrected chi connectivity index (χ4v) is 2.55. The molecule has 0 saturated carbocycles. The Morgan fingerprint density at radius 1 is 1.37 bits per heavy atom. The standard InChI is InChI=1S/C13H13Cl2N3O/c1-13(8-16)2-4-18(5-3-13)12(19)9-6-10(14)17-11(15)7-9/h6-7H,2-5H2,1H3. The molecule has 4 nitrogen and oxygen atoms in total. The van der Waals surface area contributed by atoms with Gasteiger partial charge in [0.25, 0.3) is 5.91 Å². The molecule has 6 heteroatoms. The molecule has 100 valence electrons. The molecule has 1 fully saturated rings. The maximum absolute atomic E-state index is 12.3. The number of piperidine rings is 1. The number of halogens is 2. The summed E-state index contributed by atoms with van der Waals surface area (Å²) in [5.41, 5.74) is 0.107. The maximum Gasteiger partial charge on any atom is 0.254 e. The highest BCUT2D eigenvalue weighted by Crippen LogP contribution is 2.30. The first-order chi connectivity index (χ1) is 8.93. The molecule has 2 rings (SSSR count). The first-order valence-corrected chi connectivity index (χ1v) is 6.73. The van der Waals surface area contributed by atoms with E-state index in [2.05, 4.69) is 11.1 Å². The summed E-state index contributed by atoms with van der Waals surface area (Å²) in [5.74, 6) is -0.119. The number of pyridine rings is 1. The first-order valence-electron chi connectivity index (χ1n) is 5.97. The zero-order valence-electron chi connectivity index (χ0n) is 10.5. The predicted molar refractivity (Wildman–Crippen MR) is 73.1 cm³/mol. The molecule has 0 radical (unpaired) electrons. The molecule has 19 heavy (non-hydrogen) atoms. The normalized spacial score (nSPS) is 17.9. The summed E-state index contributed by atoms with van der Waals surface area (Å²) < 4.78 is 0. The van der Waals surface area contributed by atoms with E-state index in [1.54, 1.807) is 4.90 Å². The molecule has 0 unspecified atom stereocenters. The van der Waals surface area contributed by atoms with Crippen LogP contribution in [0.25, 0.3) is 0 Å². The second kappa shape index (κ2) is 5.36. The quantitative estimate of drug-likeness (QED) is 0.748. The number of rotatable bonds is 1. The molecule has 1 aliphatic heterocycles. The minimum atomic E-state index is -0.329. The molecule has 0 aromatic carbocycles. The molecule has 0 spiro atoms. The predicted octanol–water partition coefficient (Wildman–Crippen LogP) is 3.15. The Kier molecular flexibility index (Phi) is 3.98. The van der Waals surface area contributed by atoms with Crippen molar-refractivity contribution in [1.29, 1.82) is 5.26 Å². The SMILES string of the molecule is CC1(C#N)CCN(C(=O)c2cc(Cl)nc(Cl)c2)CC1. The topological polar surface area (TPSA) is 57.0 Å². The summed E-state index contributed by atoms with van der Waals surface area (Å²) in [6.45, 7) is 3.07. The van der Waals surface area contributed by atoms with Crippen LogP contribution in [0.2, 0.25) is 10.3 Å². The minimum absolute atomic E-state index is 0.119. The summed E-state index contributed by atoms with van der Waals surface area (Å²) in [5, 5.41) is 9.48. The van der Waals surface area contributed by atoms with E-state index in [4.69, 9.17) is 28.5 Å². The van der Waals surface area contributed by atoms with Gasteiger partial charge in [-0.2, -0.15) is 5.26 Å². The molecule has 1 aliphatic rings. The molecule has 1 aromatic rings. The van der Waals surface area contributed by atoms with Gasteiger partial charge in [-0.1, -0.05) is 23.2 Å². The van der Waals surface area contributed by atoms with Crippen molar-refractivity contribution >= 4 is 29.1 Å². The molecule has 0 atom stereocenters. The van der Waals surface area contributed by atoms with E-state index in [1.165, 1.54) is 12.1 Å². The van der Waals surface area contributed by atoms with E-state index in [9.17, 15) is 4.79 Å². The maximum atomic E-state index is 12.3. The summed E-state index contributed by atoms with van der Waals surface area (Å²) in [6.07, 6.45) is 1.36. The summed E-state index contributed by atoms with van der Waals surface area (Å²) in [6, 6.07) is 5.32. The van der Waals surface area contributed by atoms with Crippen LogP contribution >= 0.6 is 23.2 Å². The highest BCUT2D eigenvalue weighted by Gasteiger charge is 2.32. The second-order valence-corrected chi connectivity index (χ2v) is 5.74. The van der Waals surface area contributed by atoms with Gasteiger partial charge >= 0.3 is 0 Å². The van der Waals surface area contributed by atoms with Crippen molar-refractivity contribution < 1.29 is 4.79 Å². The van der Waals surface area contributed by atoms with E-state index < -0.39 is 0 Å². The van der Waals surface area contributed by atoms with Crippen molar-refractivity contribution in [2.24, 2.45) is 5.41 Å². The lowest BCUT2D eigenvalue weighted by Crippen LogP contribution is -2.41. The van der Waals surface area contributed by atoms with Crippen LogP contribution in [-0.4, -0.2) is 28.9 Å². The summed E-state index contributed by atoms with van der Waals surface area (Å²) >= 11 is 11.6. The lowest BCUT2D eigenvalue weighted by Gasteiger charge is -2.35. The van der Waals surface area contributed by atoms with Crippen LogP contribution in [0.4, 0.5) is 0 Å². The molecular formula is C13H13Cl2N3O. The van der Waals surface area contributed by atoms with Crippen LogP contribution in [0.5, 0.6) is 0 Å². The minimum Gasteiger partial charge on any atom is -0.339 e. The number of likely N-dealkylation sites (tertiary alicyclic amines) is 1. The highest BCUT2D eigenvalue weighted by atomic mass is 35.5. The number of hydrogen-bond donors (Lipinski definition) is 0. The molecular weight excluding hydrogens is 285 g/mol. The van der Waals surface area contributed by atoms with Gasteiger partial charge in [0.1, 0.15) is 10.3 Å². The lowest BCUT2D eigenvalue weighted by atomic mass is 9.82. The van der Waals surface area contributed by atoms with Gasteiger partial charge in [0.2, 0.25) is 0 Å². The molecule has 1 saturated heterocycles. The van der Waals surface area contributed by atoms with Crippen LogP contribution in [0, 0.1) is 16.7 Å². The van der Waals surface area contributed by atoms with Gasteiger partial charge in [0.05, 0.1) is 11.5 Å². The van der Waals surface area contributed by atoms with E-state index in [0.29, 0.717) is 31.5 Å². The summed E-state index contributed by atoms with van der Waals surface area (Å²) in [4.78, 5) is 17.8. The van der Waals surface area contributed by atoms with Crippen LogP contribution in [0.15, 0.2) is 12.1 Å². The number of carbonyl (C=O) groups is 1. The van der Waals surface area contributed by atoms with Crippen molar-refractivity contribution in [1.82, 2.24) is 9.88 Å². The van der Waals surface area contributed by atoms with Crippen LogP contribution in [0.1, 0.15) is 30.1 Å². The fraction of sp³-hybridized carbons (Fsp3) is 0.462. The largest absolute Gasteiger partial charge is 0.339 e. The van der Waals surface area contributed by atoms with Crippen molar-refractivity contribution in [2.45, 2.75) is 19.8 Å². The Morgan fingerprint density at radius 2 is 1.89 bits per heavy atom. The van der Waals surface area contributed by atoms with Crippen LogP contribution in [-0.2, 0) is 0 Å². The number of carbonyl (C=O) groups excluding carboxylic acids is 1. The Labute approximate surface area is 121 Å². The van der Waals surface area contributed by atoms with Gasteiger partial charge in [-0.05, 0) is 31.9 Å². The van der Waals surface area contributed by atoms with E-state index in [1.807, 2.05) is 6.92 Å². The number of hydrogen-bond acceptors (Lipinski definition) is 3. The Hall–Kier alpha value is -1.31. The molecule has 0 aliphatic carbocycles. The van der Waals surface area contributed by atoms with Crippen LogP contribution in [0.3, 0.4) is 0 Å². The van der Waals surface area contributed by atoms with Crippen LogP contribution < -0.4 is 0 Å². The Morgan fingerprint density at radius 3 is 2.37 bits per heavy atom. The zero-order chi connectivity index (χ0) is 14.0. The average molecular weight is 298 g/mol. The van der Waals surface area contributed by atoms with Crippen molar-refractivity contribution in [3.8, 4) is 6.07 Å². The molecule has 2 heterocycles. The number of nitriles is 1. The molecule has 0 bridgehead atoms. The Balaban J connectivity index is 2.12. The van der Waals surface area contributed by atoms with Crippen molar-refractivity contribution in [3.63, 3.8) is 0 Å². The molecule has 1 amide bonds. The zero-order valence-corrected chi connectivity index (χ0v) is 12.0. The second-order valence-electron chi connectivity index (χ2n) is 4.97. The van der Waals surface area contributed by atoms with Gasteiger partial charge in [-0.25, -0.2) is 4.98 Å². The van der Waals surface area contributed by atoms with E-state index in [-0.39, 0.29) is 21.6 Å². The highest BCUT2D eigenvalue weighted by molar-refractivity contribution is 6.33. The van der Waals surface area contributed by atoms with Gasteiger partial charge in [-0.15, -0.1) is 0 Å². The lowest BCUT2D eigenvalue weighted by molar-refractivity contribution is 0.0661.